The molecule has 7 aromatic rings. The Bertz CT molecular complexity index is 2420. The van der Waals surface area contributed by atoms with E-state index in [-0.39, 0.29) is 10.8 Å². The largest absolute Gasteiger partial charge is 0.310 e. The molecule has 0 spiro atoms. The molecule has 2 aliphatic rings. The molecule has 0 radical (unpaired) electrons. The van der Waals surface area contributed by atoms with Gasteiger partial charge >= 0.3 is 0 Å². The van der Waals surface area contributed by atoms with Gasteiger partial charge in [0.2, 0.25) is 0 Å². The monoisotopic (exact) mass is 672 g/mol. The maximum absolute atomic E-state index is 2.44. The van der Waals surface area contributed by atoms with Crippen molar-refractivity contribution in [2.75, 3.05) is 9.80 Å². The highest BCUT2D eigenvalue weighted by atomic mass is 15.1. The number of rotatable bonds is 6. The Kier molecular flexibility index (Phi) is 7.31. The van der Waals surface area contributed by atoms with E-state index in [0.717, 1.165) is 17.1 Å². The van der Waals surface area contributed by atoms with E-state index in [4.69, 9.17) is 0 Å². The molecule has 0 bridgehead atoms. The molecule has 0 saturated carbocycles. The van der Waals surface area contributed by atoms with Crippen molar-refractivity contribution in [3.05, 3.63) is 191 Å². The summed E-state index contributed by atoms with van der Waals surface area (Å²) in [4.78, 5) is 4.81. The molecule has 0 aromatic heterocycles. The van der Waals surface area contributed by atoms with Gasteiger partial charge in [-0.3, -0.25) is 0 Å². The molecule has 0 saturated heterocycles. The van der Waals surface area contributed by atoms with Crippen molar-refractivity contribution in [3.63, 3.8) is 0 Å². The predicted molar refractivity (Wildman–Crippen MR) is 220 cm³/mol. The van der Waals surface area contributed by atoms with Crippen LogP contribution in [0.5, 0.6) is 0 Å². The van der Waals surface area contributed by atoms with Crippen molar-refractivity contribution in [1.82, 2.24) is 0 Å². The molecule has 0 N–H and O–H groups in total. The van der Waals surface area contributed by atoms with Gasteiger partial charge < -0.3 is 9.80 Å². The summed E-state index contributed by atoms with van der Waals surface area (Å²) >= 11 is 0. The van der Waals surface area contributed by atoms with Crippen molar-refractivity contribution in [3.8, 4) is 22.3 Å². The Balaban J connectivity index is 1.15. The molecule has 254 valence electrons. The van der Waals surface area contributed by atoms with Crippen LogP contribution in [0.3, 0.4) is 0 Å². The van der Waals surface area contributed by atoms with Gasteiger partial charge in [-0.05, 0) is 131 Å². The lowest BCUT2D eigenvalue weighted by Crippen LogP contribution is -2.18. The Labute approximate surface area is 308 Å². The zero-order valence-corrected chi connectivity index (χ0v) is 30.9. The van der Waals surface area contributed by atoms with E-state index in [1.54, 1.807) is 0 Å². The van der Waals surface area contributed by atoms with E-state index < -0.39 is 0 Å². The van der Waals surface area contributed by atoms with Crippen LogP contribution < -0.4 is 9.80 Å². The minimum atomic E-state index is -0.202. The first-order valence-electron chi connectivity index (χ1n) is 18.4. The lowest BCUT2D eigenvalue weighted by atomic mass is 9.82. The molecule has 2 nitrogen and oxygen atoms in total. The molecule has 0 heterocycles. The second-order valence-electron chi connectivity index (χ2n) is 15.7. The topological polar surface area (TPSA) is 6.48 Å². The van der Waals surface area contributed by atoms with E-state index >= 15 is 0 Å². The van der Waals surface area contributed by atoms with Gasteiger partial charge in [0.25, 0.3) is 0 Å². The highest BCUT2D eigenvalue weighted by molar-refractivity contribution is 5.90. The van der Waals surface area contributed by atoms with E-state index in [0.29, 0.717) is 0 Å². The molecule has 7 aromatic carbocycles. The second-order valence-corrected chi connectivity index (χ2v) is 15.7. The number of fused-ring (bicyclic) bond motifs is 6. The molecular formula is C50H44N2. The van der Waals surface area contributed by atoms with Gasteiger partial charge in [-0.1, -0.05) is 124 Å². The fourth-order valence-corrected chi connectivity index (χ4v) is 8.68. The summed E-state index contributed by atoms with van der Waals surface area (Å²) in [5, 5.41) is 0. The van der Waals surface area contributed by atoms with Crippen molar-refractivity contribution in [2.24, 2.45) is 0 Å². The zero-order chi connectivity index (χ0) is 35.8. The molecule has 0 unspecified atom stereocenters. The molecule has 0 aliphatic heterocycles. The number of aryl methyl sites for hydroxylation is 2. The molecule has 2 aliphatic carbocycles. The van der Waals surface area contributed by atoms with Crippen molar-refractivity contribution < 1.29 is 0 Å². The first kappa shape index (κ1) is 32.1. The third kappa shape index (κ3) is 5.00. The van der Waals surface area contributed by atoms with Crippen LogP contribution in [0, 0.1) is 13.8 Å². The fourth-order valence-electron chi connectivity index (χ4n) is 8.68. The third-order valence-electron chi connectivity index (χ3n) is 11.6. The molecule has 0 fully saturated rings. The minimum absolute atomic E-state index is 0.0748. The number of anilines is 6. The van der Waals surface area contributed by atoms with Gasteiger partial charge in [-0.25, -0.2) is 0 Å². The SMILES string of the molecule is Cc1ccc(N(c2ccc(C)cc2)c2ccc3c(c2)C(C)(C)c2cc(N(c4ccccc4)c4ccc5c(c4)C(C)(C)c4ccccc4-5)ccc2-3)cc1. The fraction of sp³-hybridized carbons (Fsp3) is 0.160. The lowest BCUT2D eigenvalue weighted by molar-refractivity contribution is 0.660. The van der Waals surface area contributed by atoms with E-state index in [1.165, 1.54) is 72.7 Å². The number of para-hydroxylation sites is 1. The van der Waals surface area contributed by atoms with Crippen LogP contribution >= 0.6 is 0 Å². The Morgan fingerprint density at radius 2 is 0.635 bits per heavy atom. The quantitative estimate of drug-likeness (QED) is 0.173. The summed E-state index contributed by atoms with van der Waals surface area (Å²) in [5.74, 6) is 0. The van der Waals surface area contributed by atoms with Crippen molar-refractivity contribution in [2.45, 2.75) is 52.4 Å². The van der Waals surface area contributed by atoms with Gasteiger partial charge in [0, 0.05) is 45.0 Å². The molecule has 9 rings (SSSR count). The van der Waals surface area contributed by atoms with Crippen LogP contribution in [0.2, 0.25) is 0 Å². The highest BCUT2D eigenvalue weighted by Gasteiger charge is 2.38. The van der Waals surface area contributed by atoms with Crippen LogP contribution in [-0.4, -0.2) is 0 Å². The summed E-state index contributed by atoms with van der Waals surface area (Å²) in [7, 11) is 0. The average Bonchev–Trinajstić information content (AvgIpc) is 3.53. The maximum atomic E-state index is 2.44. The number of benzene rings is 7. The lowest BCUT2D eigenvalue weighted by Gasteiger charge is -2.30. The maximum Gasteiger partial charge on any atom is 0.0465 e. The van der Waals surface area contributed by atoms with E-state index in [2.05, 4.69) is 209 Å². The molecular weight excluding hydrogens is 629 g/mol. The average molecular weight is 673 g/mol. The smallest absolute Gasteiger partial charge is 0.0465 e. The second kappa shape index (κ2) is 11.9. The van der Waals surface area contributed by atoms with Gasteiger partial charge in [0.15, 0.2) is 0 Å². The Morgan fingerprint density at radius 3 is 1.10 bits per heavy atom. The van der Waals surface area contributed by atoms with E-state index in [9.17, 15) is 0 Å². The van der Waals surface area contributed by atoms with Crippen LogP contribution in [0.15, 0.2) is 158 Å². The zero-order valence-electron chi connectivity index (χ0n) is 30.9. The van der Waals surface area contributed by atoms with Crippen LogP contribution in [0.4, 0.5) is 34.1 Å². The number of hydrogen-bond acceptors (Lipinski definition) is 2. The Morgan fingerprint density at radius 1 is 0.308 bits per heavy atom. The Hall–Kier alpha value is -5.86. The predicted octanol–water partition coefficient (Wildman–Crippen LogP) is 13.9. The summed E-state index contributed by atoms with van der Waals surface area (Å²) in [6.45, 7) is 13.8. The summed E-state index contributed by atoms with van der Waals surface area (Å²) < 4.78 is 0. The van der Waals surface area contributed by atoms with Crippen molar-refractivity contribution in [1.29, 1.82) is 0 Å². The first-order chi connectivity index (χ1) is 25.1. The van der Waals surface area contributed by atoms with Gasteiger partial charge in [0.1, 0.15) is 0 Å². The van der Waals surface area contributed by atoms with Crippen molar-refractivity contribution >= 4 is 34.1 Å². The van der Waals surface area contributed by atoms with Crippen LogP contribution in [0.1, 0.15) is 61.1 Å². The third-order valence-corrected chi connectivity index (χ3v) is 11.6. The summed E-state index contributed by atoms with van der Waals surface area (Å²) in [5.41, 5.74) is 20.0. The normalized spacial score (nSPS) is 14.3. The standard InChI is InChI=1S/C50H44N2/c1-33-16-20-36(21-17-33)51(37-22-18-34(2)19-23-37)38-24-28-43-44-29-26-40(32-48(44)50(5,6)47(43)30-38)52(35-12-8-7-9-13-35)39-25-27-42-41-14-10-11-15-45(41)49(3,4)46(42)31-39/h7-32H,1-6H3. The summed E-state index contributed by atoms with van der Waals surface area (Å²) in [6.07, 6.45) is 0. The summed E-state index contributed by atoms with van der Waals surface area (Å²) in [6, 6.07) is 58.6. The van der Waals surface area contributed by atoms with Gasteiger partial charge in [-0.15, -0.1) is 0 Å². The number of nitrogens with zero attached hydrogens (tertiary/aromatic N) is 2. The number of hydrogen-bond donors (Lipinski definition) is 0. The molecule has 0 atom stereocenters. The molecule has 2 heteroatoms. The first-order valence-corrected chi connectivity index (χ1v) is 18.4. The van der Waals surface area contributed by atoms with Gasteiger partial charge in [0.05, 0.1) is 0 Å². The molecule has 52 heavy (non-hydrogen) atoms. The van der Waals surface area contributed by atoms with Crippen LogP contribution in [-0.2, 0) is 10.8 Å². The van der Waals surface area contributed by atoms with Gasteiger partial charge in [-0.2, -0.15) is 0 Å². The highest BCUT2D eigenvalue weighted by Crippen LogP contribution is 2.54. The molecule has 0 amide bonds. The van der Waals surface area contributed by atoms with E-state index in [1.807, 2.05) is 0 Å². The minimum Gasteiger partial charge on any atom is -0.310 e. The van der Waals surface area contributed by atoms with Crippen LogP contribution in [0.25, 0.3) is 22.3 Å².